The quantitative estimate of drug-likeness (QED) is 0.144. The topological polar surface area (TPSA) is 0 Å². The molecule has 0 aromatic heterocycles. The number of benzene rings is 7. The Morgan fingerprint density at radius 3 is 1.32 bits per heavy atom. The zero-order valence-electron chi connectivity index (χ0n) is 29.9. The van der Waals surface area contributed by atoms with Crippen molar-refractivity contribution in [1.82, 2.24) is 0 Å². The van der Waals surface area contributed by atoms with Crippen molar-refractivity contribution in [3.05, 3.63) is 156 Å². The van der Waals surface area contributed by atoms with Crippen LogP contribution in [0.15, 0.2) is 133 Å². The number of hydrogen-bond acceptors (Lipinski definition) is 0. The second-order valence-corrected chi connectivity index (χ2v) is 15.4. The van der Waals surface area contributed by atoms with E-state index in [0.717, 1.165) is 0 Å². The van der Waals surface area contributed by atoms with Crippen molar-refractivity contribution in [2.24, 2.45) is 0 Å². The van der Waals surface area contributed by atoms with Gasteiger partial charge in [0.2, 0.25) is 0 Å². The molecule has 7 aromatic rings. The summed E-state index contributed by atoms with van der Waals surface area (Å²) in [7, 11) is 0. The summed E-state index contributed by atoms with van der Waals surface area (Å²) in [5, 5.41) is 5.29. The highest BCUT2D eigenvalue weighted by molar-refractivity contribution is 6.21. The molecule has 0 fully saturated rings. The molecule has 0 nitrogen and oxygen atoms in total. The third-order valence-electron chi connectivity index (χ3n) is 12.3. The first-order valence-corrected chi connectivity index (χ1v) is 18.9. The number of unbranched alkanes of at least 4 members (excludes halogenated alkanes) is 2. The molecule has 2 aliphatic carbocycles. The maximum Gasteiger partial charge on any atom is 0.0215 e. The van der Waals surface area contributed by atoms with Gasteiger partial charge in [-0.2, -0.15) is 0 Å². The first-order chi connectivity index (χ1) is 24.5. The Morgan fingerprint density at radius 1 is 0.400 bits per heavy atom. The Balaban J connectivity index is 1.29. The van der Waals surface area contributed by atoms with Gasteiger partial charge in [0.05, 0.1) is 0 Å². The number of hydrogen-bond donors (Lipinski definition) is 0. The zero-order chi connectivity index (χ0) is 34.0. The molecule has 0 atom stereocenters. The van der Waals surface area contributed by atoms with Crippen molar-refractivity contribution in [1.29, 1.82) is 0 Å². The molecule has 0 aliphatic heterocycles. The summed E-state index contributed by atoms with van der Waals surface area (Å²) in [5.41, 5.74) is 16.9. The standard InChI is InChI=1S/C50H46/c1-5-7-29-50(30-8-6-2)44-24-16-14-18-36(44)38-28-26-34(32-46(38)50)48-41-21-11-9-19-39(41)47(40-20-10-12-22-42(40)48)33-25-27-37-35-17-13-15-23-43(35)49(3,4)45(37)31-33/h9-28,31-32H,5-8,29-30H2,1-4H3. The molecule has 0 spiro atoms. The van der Waals surface area contributed by atoms with E-state index in [1.165, 1.54) is 121 Å². The SMILES string of the molecule is CCCCC1(CCCC)c2ccccc2-c2ccc(-c3c4ccccc4c(-c4ccc5c(c4)C(C)(C)c4ccccc4-5)c4ccccc34)cc21. The van der Waals surface area contributed by atoms with Gasteiger partial charge < -0.3 is 0 Å². The average molecular weight is 647 g/mol. The molecule has 0 bridgehead atoms. The summed E-state index contributed by atoms with van der Waals surface area (Å²) < 4.78 is 0. The lowest BCUT2D eigenvalue weighted by atomic mass is 9.70. The van der Waals surface area contributed by atoms with Gasteiger partial charge in [0.25, 0.3) is 0 Å². The maximum atomic E-state index is 2.60. The molecule has 7 aromatic carbocycles. The van der Waals surface area contributed by atoms with Gasteiger partial charge in [-0.3, -0.25) is 0 Å². The molecular weight excluding hydrogens is 601 g/mol. The molecule has 0 heteroatoms. The molecule has 0 unspecified atom stereocenters. The van der Waals surface area contributed by atoms with Gasteiger partial charge in [0, 0.05) is 10.8 Å². The molecule has 0 saturated carbocycles. The maximum absolute atomic E-state index is 2.60. The minimum absolute atomic E-state index is 0.0441. The third-order valence-corrected chi connectivity index (χ3v) is 12.3. The van der Waals surface area contributed by atoms with E-state index in [0.29, 0.717) is 0 Å². The fourth-order valence-corrected chi connectivity index (χ4v) is 9.84. The van der Waals surface area contributed by atoms with Crippen molar-refractivity contribution < 1.29 is 0 Å². The van der Waals surface area contributed by atoms with Crippen LogP contribution in [-0.4, -0.2) is 0 Å². The van der Waals surface area contributed by atoms with Crippen LogP contribution in [0.4, 0.5) is 0 Å². The summed E-state index contributed by atoms with van der Waals surface area (Å²) >= 11 is 0. The van der Waals surface area contributed by atoms with Gasteiger partial charge >= 0.3 is 0 Å². The molecule has 0 radical (unpaired) electrons. The normalized spacial score (nSPS) is 14.8. The zero-order valence-corrected chi connectivity index (χ0v) is 29.9. The van der Waals surface area contributed by atoms with E-state index in [4.69, 9.17) is 0 Å². The first kappa shape index (κ1) is 31.1. The Bertz CT molecular complexity index is 2370. The first-order valence-electron chi connectivity index (χ1n) is 18.9. The summed E-state index contributed by atoms with van der Waals surface area (Å²) in [6, 6.07) is 51.2. The van der Waals surface area contributed by atoms with Crippen molar-refractivity contribution in [2.45, 2.75) is 77.0 Å². The van der Waals surface area contributed by atoms with E-state index in [1.807, 2.05) is 0 Å². The van der Waals surface area contributed by atoms with Gasteiger partial charge in [0.15, 0.2) is 0 Å². The number of fused-ring (bicyclic) bond motifs is 8. The van der Waals surface area contributed by atoms with Gasteiger partial charge in [-0.05, 0) is 113 Å². The van der Waals surface area contributed by atoms with Gasteiger partial charge in [-0.25, -0.2) is 0 Å². The second-order valence-electron chi connectivity index (χ2n) is 15.4. The van der Waals surface area contributed by atoms with Crippen molar-refractivity contribution in [3.8, 4) is 44.5 Å². The molecule has 0 amide bonds. The minimum Gasteiger partial charge on any atom is -0.0654 e. The molecule has 9 rings (SSSR count). The van der Waals surface area contributed by atoms with E-state index in [2.05, 4.69) is 161 Å². The van der Waals surface area contributed by atoms with Crippen LogP contribution in [0.2, 0.25) is 0 Å². The monoisotopic (exact) mass is 646 g/mol. The van der Waals surface area contributed by atoms with Crippen LogP contribution in [0.3, 0.4) is 0 Å². The van der Waals surface area contributed by atoms with Crippen LogP contribution >= 0.6 is 0 Å². The lowest BCUT2D eigenvalue weighted by Gasteiger charge is -2.33. The van der Waals surface area contributed by atoms with Crippen LogP contribution in [0, 0.1) is 0 Å². The Morgan fingerprint density at radius 2 is 0.800 bits per heavy atom. The Hall–Kier alpha value is -4.94. The van der Waals surface area contributed by atoms with E-state index >= 15 is 0 Å². The van der Waals surface area contributed by atoms with Gasteiger partial charge in [-0.15, -0.1) is 0 Å². The molecule has 2 aliphatic rings. The smallest absolute Gasteiger partial charge is 0.0215 e. The third kappa shape index (κ3) is 4.43. The minimum atomic E-state index is -0.0441. The molecule has 50 heavy (non-hydrogen) atoms. The predicted molar refractivity (Wildman–Crippen MR) is 215 cm³/mol. The summed E-state index contributed by atoms with van der Waals surface area (Å²) in [6.45, 7) is 9.45. The van der Waals surface area contributed by atoms with E-state index in [-0.39, 0.29) is 10.8 Å². The van der Waals surface area contributed by atoms with E-state index in [1.54, 1.807) is 5.56 Å². The van der Waals surface area contributed by atoms with Crippen molar-refractivity contribution in [3.63, 3.8) is 0 Å². The lowest BCUT2D eigenvalue weighted by molar-refractivity contribution is 0.414. The van der Waals surface area contributed by atoms with E-state index in [9.17, 15) is 0 Å². The second kappa shape index (κ2) is 11.8. The van der Waals surface area contributed by atoms with Crippen LogP contribution in [0.1, 0.15) is 88.5 Å². The predicted octanol–water partition coefficient (Wildman–Crippen LogP) is 14.3. The van der Waals surface area contributed by atoms with Crippen LogP contribution in [-0.2, 0) is 10.8 Å². The molecule has 0 heterocycles. The van der Waals surface area contributed by atoms with Crippen molar-refractivity contribution >= 4 is 21.5 Å². The summed E-state index contributed by atoms with van der Waals surface area (Å²) in [5.74, 6) is 0. The van der Waals surface area contributed by atoms with Crippen LogP contribution in [0.5, 0.6) is 0 Å². The molecule has 246 valence electrons. The molecular formula is C50H46. The Labute approximate surface area is 297 Å². The highest BCUT2D eigenvalue weighted by Gasteiger charge is 2.42. The molecule has 0 saturated heterocycles. The number of rotatable bonds is 8. The summed E-state index contributed by atoms with van der Waals surface area (Å²) in [6.07, 6.45) is 7.32. The fraction of sp³-hybridized carbons (Fsp3) is 0.240. The summed E-state index contributed by atoms with van der Waals surface area (Å²) in [4.78, 5) is 0. The van der Waals surface area contributed by atoms with Crippen LogP contribution < -0.4 is 0 Å². The van der Waals surface area contributed by atoms with Gasteiger partial charge in [-0.1, -0.05) is 175 Å². The lowest BCUT2D eigenvalue weighted by Crippen LogP contribution is -2.25. The highest BCUT2D eigenvalue weighted by Crippen LogP contribution is 2.56. The fourth-order valence-electron chi connectivity index (χ4n) is 9.84. The van der Waals surface area contributed by atoms with E-state index < -0.39 is 0 Å². The van der Waals surface area contributed by atoms with Crippen LogP contribution in [0.25, 0.3) is 66.1 Å². The van der Waals surface area contributed by atoms with Gasteiger partial charge in [0.1, 0.15) is 0 Å². The Kier molecular flexibility index (Phi) is 7.36. The largest absolute Gasteiger partial charge is 0.0654 e. The highest BCUT2D eigenvalue weighted by atomic mass is 14.4. The van der Waals surface area contributed by atoms with Crippen molar-refractivity contribution in [2.75, 3.05) is 0 Å². The average Bonchev–Trinajstić information content (AvgIpc) is 3.56. The molecule has 0 N–H and O–H groups in total.